The zero-order chi connectivity index (χ0) is 12.0. The molecule has 1 heterocycles. The lowest BCUT2D eigenvalue weighted by Gasteiger charge is -2.09. The van der Waals surface area contributed by atoms with Crippen LogP contribution in [0, 0.1) is 19.3 Å². The SMILES string of the molecule is C#CCNCC(=O)Nc1c(C)ccnc1Cl. The van der Waals surface area contributed by atoms with Crippen molar-refractivity contribution in [1.82, 2.24) is 10.3 Å². The number of aryl methyl sites for hydroxylation is 1. The predicted molar refractivity (Wildman–Crippen MR) is 64.3 cm³/mol. The highest BCUT2D eigenvalue weighted by Gasteiger charge is 2.08. The third kappa shape index (κ3) is 3.54. The molecular formula is C11H12ClN3O. The van der Waals surface area contributed by atoms with Crippen molar-refractivity contribution in [2.24, 2.45) is 0 Å². The monoisotopic (exact) mass is 237 g/mol. The van der Waals surface area contributed by atoms with E-state index in [1.54, 1.807) is 12.3 Å². The number of hydrogen-bond donors (Lipinski definition) is 2. The predicted octanol–water partition coefficient (Wildman–Crippen LogP) is 1.20. The summed E-state index contributed by atoms with van der Waals surface area (Å²) in [6.45, 7) is 2.35. The molecule has 0 fully saturated rings. The molecule has 0 saturated carbocycles. The lowest BCUT2D eigenvalue weighted by Crippen LogP contribution is -2.28. The molecule has 1 rings (SSSR count). The summed E-state index contributed by atoms with van der Waals surface area (Å²) in [5.74, 6) is 2.18. The van der Waals surface area contributed by atoms with Gasteiger partial charge in [-0.25, -0.2) is 4.98 Å². The summed E-state index contributed by atoms with van der Waals surface area (Å²) >= 11 is 5.86. The molecule has 1 aromatic rings. The first-order chi connectivity index (χ1) is 7.65. The average Bonchev–Trinajstić information content (AvgIpc) is 2.24. The number of rotatable bonds is 4. The fraction of sp³-hybridized carbons (Fsp3) is 0.273. The second-order valence-electron chi connectivity index (χ2n) is 3.15. The third-order valence-corrected chi connectivity index (χ3v) is 2.18. The Morgan fingerprint density at radius 1 is 1.69 bits per heavy atom. The van der Waals surface area contributed by atoms with E-state index in [0.717, 1.165) is 5.56 Å². The van der Waals surface area contributed by atoms with Crippen molar-refractivity contribution >= 4 is 23.2 Å². The van der Waals surface area contributed by atoms with Crippen LogP contribution in [-0.4, -0.2) is 24.0 Å². The number of amides is 1. The fourth-order valence-electron chi connectivity index (χ4n) is 1.11. The van der Waals surface area contributed by atoms with E-state index in [2.05, 4.69) is 21.5 Å². The third-order valence-electron chi connectivity index (χ3n) is 1.89. The number of pyridine rings is 1. The minimum absolute atomic E-state index is 0.148. The Hall–Kier alpha value is -1.57. The normalized spacial score (nSPS) is 9.56. The van der Waals surface area contributed by atoms with Crippen LogP contribution in [0.3, 0.4) is 0 Å². The zero-order valence-corrected chi connectivity index (χ0v) is 9.64. The Morgan fingerprint density at radius 2 is 2.44 bits per heavy atom. The number of anilines is 1. The van der Waals surface area contributed by atoms with Crippen molar-refractivity contribution in [3.63, 3.8) is 0 Å². The number of nitrogens with zero attached hydrogens (tertiary/aromatic N) is 1. The molecule has 0 aromatic carbocycles. The first kappa shape index (κ1) is 12.5. The smallest absolute Gasteiger partial charge is 0.238 e. The van der Waals surface area contributed by atoms with Gasteiger partial charge in [0.2, 0.25) is 5.91 Å². The Morgan fingerprint density at radius 3 is 3.06 bits per heavy atom. The van der Waals surface area contributed by atoms with Crippen LogP contribution in [0.2, 0.25) is 5.15 Å². The molecule has 0 radical (unpaired) electrons. The maximum atomic E-state index is 11.5. The number of terminal acetylenes is 1. The molecule has 0 aliphatic rings. The van der Waals surface area contributed by atoms with E-state index in [1.807, 2.05) is 6.92 Å². The molecule has 0 spiro atoms. The second kappa shape index (κ2) is 6.11. The Balaban J connectivity index is 2.60. The first-order valence-corrected chi connectivity index (χ1v) is 5.08. The number of halogens is 1. The number of hydrogen-bond acceptors (Lipinski definition) is 3. The van der Waals surface area contributed by atoms with Gasteiger partial charge in [-0.15, -0.1) is 6.42 Å². The van der Waals surface area contributed by atoms with Gasteiger partial charge < -0.3 is 5.32 Å². The van der Waals surface area contributed by atoms with Crippen molar-refractivity contribution in [2.75, 3.05) is 18.4 Å². The average molecular weight is 238 g/mol. The molecule has 0 saturated heterocycles. The number of carbonyl (C=O) groups excluding carboxylic acids is 1. The number of carbonyl (C=O) groups is 1. The van der Waals surface area contributed by atoms with Crippen LogP contribution in [-0.2, 0) is 4.79 Å². The van der Waals surface area contributed by atoms with Gasteiger partial charge in [0.15, 0.2) is 5.15 Å². The van der Waals surface area contributed by atoms with Crippen molar-refractivity contribution in [3.05, 3.63) is 23.0 Å². The molecule has 0 bridgehead atoms. The van der Waals surface area contributed by atoms with E-state index in [9.17, 15) is 4.79 Å². The van der Waals surface area contributed by atoms with Crippen LogP contribution in [0.5, 0.6) is 0 Å². The lowest BCUT2D eigenvalue weighted by molar-refractivity contribution is -0.115. The molecule has 16 heavy (non-hydrogen) atoms. The largest absolute Gasteiger partial charge is 0.322 e. The fourth-order valence-corrected chi connectivity index (χ4v) is 1.36. The van der Waals surface area contributed by atoms with Gasteiger partial charge in [0.1, 0.15) is 0 Å². The molecule has 0 unspecified atom stereocenters. The summed E-state index contributed by atoms with van der Waals surface area (Å²) in [6.07, 6.45) is 6.63. The summed E-state index contributed by atoms with van der Waals surface area (Å²) in [5, 5.41) is 5.74. The van der Waals surface area contributed by atoms with Gasteiger partial charge >= 0.3 is 0 Å². The van der Waals surface area contributed by atoms with Crippen LogP contribution in [0.1, 0.15) is 5.56 Å². The van der Waals surface area contributed by atoms with E-state index >= 15 is 0 Å². The van der Waals surface area contributed by atoms with Crippen molar-refractivity contribution in [2.45, 2.75) is 6.92 Å². The van der Waals surface area contributed by atoms with Crippen molar-refractivity contribution in [3.8, 4) is 12.3 Å². The van der Waals surface area contributed by atoms with Gasteiger partial charge in [-0.2, -0.15) is 0 Å². The summed E-state index contributed by atoms with van der Waals surface area (Å²) in [7, 11) is 0. The molecule has 4 nitrogen and oxygen atoms in total. The number of aromatic nitrogens is 1. The van der Waals surface area contributed by atoms with E-state index < -0.39 is 0 Å². The Kier molecular flexibility index (Phi) is 4.77. The first-order valence-electron chi connectivity index (χ1n) is 4.70. The van der Waals surface area contributed by atoms with Crippen molar-refractivity contribution in [1.29, 1.82) is 0 Å². The lowest BCUT2D eigenvalue weighted by atomic mass is 10.2. The Labute approximate surface area is 99.4 Å². The van der Waals surface area contributed by atoms with Crippen molar-refractivity contribution < 1.29 is 4.79 Å². The molecule has 1 aromatic heterocycles. The van der Waals surface area contributed by atoms with Gasteiger partial charge in [-0.1, -0.05) is 17.5 Å². The quantitative estimate of drug-likeness (QED) is 0.470. The molecule has 5 heteroatoms. The highest BCUT2D eigenvalue weighted by molar-refractivity contribution is 6.32. The topological polar surface area (TPSA) is 54.0 Å². The maximum Gasteiger partial charge on any atom is 0.238 e. The zero-order valence-electron chi connectivity index (χ0n) is 8.88. The molecule has 1 amide bonds. The summed E-state index contributed by atoms with van der Waals surface area (Å²) in [6, 6.07) is 1.77. The van der Waals surface area contributed by atoms with Gasteiger partial charge in [0.05, 0.1) is 18.8 Å². The summed E-state index contributed by atoms with van der Waals surface area (Å²) in [4.78, 5) is 15.4. The standard InChI is InChI=1S/C11H12ClN3O/c1-3-5-13-7-9(16)15-10-8(2)4-6-14-11(10)12/h1,4,6,13H,5,7H2,2H3,(H,15,16). The molecule has 0 aliphatic carbocycles. The molecular weight excluding hydrogens is 226 g/mol. The minimum atomic E-state index is -0.201. The van der Waals surface area contributed by atoms with Gasteiger partial charge in [0, 0.05) is 6.20 Å². The van der Waals surface area contributed by atoms with E-state index in [0.29, 0.717) is 12.2 Å². The highest BCUT2D eigenvalue weighted by atomic mass is 35.5. The number of nitrogens with one attached hydrogen (secondary N) is 2. The van der Waals surface area contributed by atoms with Gasteiger partial charge in [0.25, 0.3) is 0 Å². The molecule has 84 valence electrons. The van der Waals surface area contributed by atoms with Crippen LogP contribution in [0.15, 0.2) is 12.3 Å². The van der Waals surface area contributed by atoms with E-state index in [-0.39, 0.29) is 17.6 Å². The molecule has 0 aliphatic heterocycles. The molecule has 2 N–H and O–H groups in total. The van der Waals surface area contributed by atoms with Crippen LogP contribution >= 0.6 is 11.6 Å². The maximum absolute atomic E-state index is 11.5. The van der Waals surface area contributed by atoms with Gasteiger partial charge in [-0.05, 0) is 18.6 Å². The minimum Gasteiger partial charge on any atom is -0.322 e. The van der Waals surface area contributed by atoms with Crippen LogP contribution < -0.4 is 10.6 Å². The summed E-state index contributed by atoms with van der Waals surface area (Å²) < 4.78 is 0. The summed E-state index contributed by atoms with van der Waals surface area (Å²) in [5.41, 5.74) is 1.40. The van der Waals surface area contributed by atoms with Crippen LogP contribution in [0.4, 0.5) is 5.69 Å². The Bertz CT molecular complexity index is 405. The highest BCUT2D eigenvalue weighted by Crippen LogP contribution is 2.22. The second-order valence-corrected chi connectivity index (χ2v) is 3.51. The van der Waals surface area contributed by atoms with Gasteiger partial charge in [-0.3, -0.25) is 10.1 Å². The van der Waals surface area contributed by atoms with E-state index in [1.165, 1.54) is 0 Å². The van der Waals surface area contributed by atoms with E-state index in [4.69, 9.17) is 18.0 Å². The molecule has 0 atom stereocenters. The van der Waals surface area contributed by atoms with Crippen LogP contribution in [0.25, 0.3) is 0 Å².